The minimum atomic E-state index is -0.677. The van der Waals surface area contributed by atoms with Crippen molar-refractivity contribution in [3.05, 3.63) is 33.0 Å². The first kappa shape index (κ1) is 27.7. The molecule has 0 radical (unpaired) electrons. The molecule has 2 aromatic heterocycles. The van der Waals surface area contributed by atoms with Crippen LogP contribution in [0.25, 0.3) is 0 Å². The van der Waals surface area contributed by atoms with Crippen molar-refractivity contribution in [3.63, 3.8) is 0 Å². The van der Waals surface area contributed by atoms with E-state index in [9.17, 15) is 19.8 Å². The molecule has 38 heavy (non-hydrogen) atoms. The molecule has 1 saturated carbocycles. The first-order valence-corrected chi connectivity index (χ1v) is 15.3. The van der Waals surface area contributed by atoms with Gasteiger partial charge in [0.2, 0.25) is 5.91 Å². The highest BCUT2D eigenvalue weighted by Gasteiger charge is 2.59. The van der Waals surface area contributed by atoms with Crippen molar-refractivity contribution in [2.24, 2.45) is 16.7 Å². The minimum Gasteiger partial charge on any atom is -0.396 e. The van der Waals surface area contributed by atoms with E-state index >= 15 is 0 Å². The lowest BCUT2D eigenvalue weighted by Crippen LogP contribution is -3.14. The van der Waals surface area contributed by atoms with Gasteiger partial charge in [-0.2, -0.15) is 0 Å². The van der Waals surface area contributed by atoms with E-state index in [1.54, 1.807) is 6.07 Å². The highest BCUT2D eigenvalue weighted by molar-refractivity contribution is 7.16. The van der Waals surface area contributed by atoms with Crippen LogP contribution < -0.4 is 15.5 Å². The monoisotopic (exact) mass is 563 g/mol. The summed E-state index contributed by atoms with van der Waals surface area (Å²) in [5.74, 6) is -0.392. The lowest BCUT2D eigenvalue weighted by molar-refractivity contribution is -0.906. The van der Waals surface area contributed by atoms with Gasteiger partial charge >= 0.3 is 0 Å². The molecule has 2 aliphatic carbocycles. The van der Waals surface area contributed by atoms with Crippen molar-refractivity contribution in [3.8, 4) is 0 Å². The van der Waals surface area contributed by atoms with Crippen LogP contribution in [0.15, 0.2) is 17.5 Å². The van der Waals surface area contributed by atoms with Crippen molar-refractivity contribution in [1.29, 1.82) is 0 Å². The summed E-state index contributed by atoms with van der Waals surface area (Å²) in [7, 11) is 0. The fourth-order valence-electron chi connectivity index (χ4n) is 6.81. The zero-order valence-corrected chi connectivity index (χ0v) is 23.8. The Hall–Kier alpha value is -1.89. The fourth-order valence-corrected chi connectivity index (χ4v) is 8.49. The Balaban J connectivity index is 1.38. The van der Waals surface area contributed by atoms with Gasteiger partial charge in [0.25, 0.3) is 5.91 Å². The molecule has 2 fully saturated rings. The Bertz CT molecular complexity index is 1130. The second kappa shape index (κ2) is 11.3. The number of aliphatic hydroxyl groups excluding tert-OH is 2. The van der Waals surface area contributed by atoms with E-state index in [0.29, 0.717) is 29.4 Å². The van der Waals surface area contributed by atoms with Gasteiger partial charge in [0, 0.05) is 22.6 Å². The maximum Gasteiger partial charge on any atom is 0.267 e. The van der Waals surface area contributed by atoms with Crippen molar-refractivity contribution in [2.45, 2.75) is 51.6 Å². The number of rotatable bonds is 8. The number of quaternary nitrogens is 1. The predicted octanol–water partition coefficient (Wildman–Crippen LogP) is 1.29. The first-order chi connectivity index (χ1) is 18.2. The standard InChI is InChI=1S/C27H38N4O5S2/c1-26-6-5-21(33)27(2,16-32)20(26)15-19-23(29-25(38-19)30-24(35)18-4-3-13-37-18)17(26)14-22(34)28-7-8-31-9-11-36-12-10-31/h3-4,13,17,20-21,32-33H,5-12,14-16H2,1-2H3,(H,28,34)(H,29,30,35)/p+1/t17-,20+,21-,26+,27+/m1/s1. The molecule has 5 rings (SSSR count). The van der Waals surface area contributed by atoms with E-state index in [2.05, 4.69) is 17.6 Å². The number of aliphatic hydroxyl groups is 2. The maximum absolute atomic E-state index is 13.3. The smallest absolute Gasteiger partial charge is 0.267 e. The molecule has 1 aliphatic heterocycles. The Morgan fingerprint density at radius 3 is 2.79 bits per heavy atom. The van der Waals surface area contributed by atoms with Crippen molar-refractivity contribution >= 4 is 39.6 Å². The number of morpholine rings is 1. The third-order valence-corrected chi connectivity index (χ3v) is 11.1. The Morgan fingerprint density at radius 1 is 1.29 bits per heavy atom. The molecule has 3 aliphatic rings. The third kappa shape index (κ3) is 5.29. The number of thiazole rings is 1. The number of amides is 2. The molecule has 5 N–H and O–H groups in total. The average molecular weight is 564 g/mol. The molecule has 0 bridgehead atoms. The third-order valence-electron chi connectivity index (χ3n) is 9.25. The minimum absolute atomic E-state index is 0.00974. The van der Waals surface area contributed by atoms with E-state index in [1.165, 1.54) is 27.6 Å². The predicted molar refractivity (Wildman–Crippen MR) is 147 cm³/mol. The molecule has 2 aromatic rings. The number of ether oxygens (including phenoxy) is 1. The lowest BCUT2D eigenvalue weighted by atomic mass is 9.47. The fraction of sp³-hybridized carbons (Fsp3) is 0.667. The summed E-state index contributed by atoms with van der Waals surface area (Å²) >= 11 is 2.82. The number of carbonyl (C=O) groups excluding carboxylic acids is 2. The summed E-state index contributed by atoms with van der Waals surface area (Å²) in [6, 6.07) is 3.62. The van der Waals surface area contributed by atoms with Crippen LogP contribution in [0.1, 0.15) is 59.3 Å². The quantitative estimate of drug-likeness (QED) is 0.330. The van der Waals surface area contributed by atoms with Gasteiger partial charge in [-0.15, -0.1) is 22.7 Å². The topological polar surface area (TPSA) is 125 Å². The zero-order chi connectivity index (χ0) is 26.9. The molecule has 5 atom stereocenters. The molecular formula is C27H39N4O5S2+. The van der Waals surface area contributed by atoms with E-state index in [1.807, 2.05) is 18.4 Å². The second-order valence-electron chi connectivity index (χ2n) is 11.5. The molecule has 11 heteroatoms. The molecule has 0 aromatic carbocycles. The number of nitrogens with zero attached hydrogens (tertiary/aromatic N) is 1. The van der Waals surface area contributed by atoms with Crippen molar-refractivity contribution in [2.75, 3.05) is 51.3 Å². The SMILES string of the molecule is C[C@]1(CO)[C@H]2Cc3sc(NC(=O)c4cccs4)nc3[C@@H](CC(=O)NCC[NH+]3CCOCC3)[C@]2(C)CC[C@H]1O. The molecule has 0 unspecified atom stereocenters. The maximum atomic E-state index is 13.3. The molecule has 9 nitrogen and oxygen atoms in total. The molecule has 0 spiro atoms. The highest BCUT2D eigenvalue weighted by Crippen LogP contribution is 2.62. The number of thiophene rings is 1. The van der Waals surface area contributed by atoms with Gasteiger partial charge in [-0.3, -0.25) is 14.9 Å². The average Bonchev–Trinajstić information content (AvgIpc) is 3.59. The summed E-state index contributed by atoms with van der Waals surface area (Å²) in [6.45, 7) is 8.97. The second-order valence-corrected chi connectivity index (χ2v) is 13.5. The number of hydrogen-bond acceptors (Lipinski definition) is 8. The normalized spacial score (nSPS) is 31.3. The molecular weight excluding hydrogens is 524 g/mol. The zero-order valence-electron chi connectivity index (χ0n) is 22.1. The van der Waals surface area contributed by atoms with E-state index < -0.39 is 11.5 Å². The van der Waals surface area contributed by atoms with Gasteiger partial charge in [-0.05, 0) is 42.0 Å². The number of fused-ring (bicyclic) bond motifs is 2. The summed E-state index contributed by atoms with van der Waals surface area (Å²) in [5.41, 5.74) is -0.121. The van der Waals surface area contributed by atoms with Crippen LogP contribution in [0, 0.1) is 16.7 Å². The number of nitrogens with one attached hydrogen (secondary N) is 3. The molecule has 208 valence electrons. The van der Waals surface area contributed by atoms with Crippen LogP contribution in [-0.4, -0.2) is 79.1 Å². The Labute approximate surface area is 231 Å². The van der Waals surface area contributed by atoms with E-state index in [-0.39, 0.29) is 42.1 Å². The van der Waals surface area contributed by atoms with Gasteiger partial charge in [0.15, 0.2) is 5.13 Å². The van der Waals surface area contributed by atoms with Gasteiger partial charge in [0.1, 0.15) is 13.1 Å². The van der Waals surface area contributed by atoms with Crippen LogP contribution in [0.4, 0.5) is 5.13 Å². The Kier molecular flexibility index (Phi) is 8.23. The van der Waals surface area contributed by atoms with Gasteiger partial charge in [-0.1, -0.05) is 19.9 Å². The Morgan fingerprint density at radius 2 is 2.08 bits per heavy atom. The summed E-state index contributed by atoms with van der Waals surface area (Å²) in [6.07, 6.45) is 1.66. The van der Waals surface area contributed by atoms with Gasteiger partial charge in [-0.25, -0.2) is 4.98 Å². The number of anilines is 1. The summed E-state index contributed by atoms with van der Waals surface area (Å²) in [5, 5.41) is 29.9. The van der Waals surface area contributed by atoms with E-state index in [0.717, 1.165) is 49.8 Å². The van der Waals surface area contributed by atoms with Crippen LogP contribution in [0.3, 0.4) is 0 Å². The van der Waals surface area contributed by atoms with Crippen LogP contribution in [0.5, 0.6) is 0 Å². The number of carbonyl (C=O) groups is 2. The summed E-state index contributed by atoms with van der Waals surface area (Å²) < 4.78 is 5.43. The van der Waals surface area contributed by atoms with Crippen LogP contribution in [0.2, 0.25) is 0 Å². The lowest BCUT2D eigenvalue weighted by Gasteiger charge is -2.58. The summed E-state index contributed by atoms with van der Waals surface area (Å²) in [4.78, 5) is 34.0. The first-order valence-electron chi connectivity index (χ1n) is 13.6. The van der Waals surface area contributed by atoms with Crippen LogP contribution >= 0.6 is 22.7 Å². The largest absolute Gasteiger partial charge is 0.396 e. The van der Waals surface area contributed by atoms with Gasteiger partial charge in [0.05, 0.1) is 49.6 Å². The molecule has 3 heterocycles. The van der Waals surface area contributed by atoms with Crippen molar-refractivity contribution in [1.82, 2.24) is 10.3 Å². The molecule has 2 amide bonds. The van der Waals surface area contributed by atoms with Gasteiger partial charge < -0.3 is 25.2 Å². The molecule has 1 saturated heterocycles. The van der Waals surface area contributed by atoms with Crippen LogP contribution in [-0.2, 0) is 16.0 Å². The van der Waals surface area contributed by atoms with E-state index in [4.69, 9.17) is 9.72 Å². The number of hydrogen-bond donors (Lipinski definition) is 5. The number of aromatic nitrogens is 1. The highest BCUT2D eigenvalue weighted by atomic mass is 32.1. The van der Waals surface area contributed by atoms with Crippen molar-refractivity contribution < 1.29 is 29.4 Å².